The molecule has 0 aliphatic heterocycles. The molecule has 0 atom stereocenters. The highest BCUT2D eigenvalue weighted by Crippen LogP contribution is 2.10. The molecular formula is C11H11BrN6O. The summed E-state index contributed by atoms with van der Waals surface area (Å²) < 4.78 is 7.65. The van der Waals surface area contributed by atoms with E-state index in [4.69, 9.17) is 4.52 Å². The molecule has 0 aliphatic carbocycles. The van der Waals surface area contributed by atoms with Crippen LogP contribution in [0.5, 0.6) is 0 Å². The Hall–Kier alpha value is -1.80. The fourth-order valence-corrected chi connectivity index (χ4v) is 2.07. The van der Waals surface area contributed by atoms with Gasteiger partial charge in [-0.05, 0) is 15.9 Å². The van der Waals surface area contributed by atoms with E-state index in [0.717, 1.165) is 15.9 Å². The van der Waals surface area contributed by atoms with Crippen LogP contribution in [0.25, 0.3) is 5.65 Å². The third-order valence-electron chi connectivity index (χ3n) is 2.60. The van der Waals surface area contributed by atoms with E-state index in [9.17, 15) is 0 Å². The van der Waals surface area contributed by atoms with Crippen molar-refractivity contribution in [2.24, 2.45) is 0 Å². The average Bonchev–Trinajstić information content (AvgIpc) is 2.97. The van der Waals surface area contributed by atoms with Crippen LogP contribution in [0, 0.1) is 6.92 Å². The smallest absolute Gasteiger partial charge is 0.223 e. The van der Waals surface area contributed by atoms with Crippen molar-refractivity contribution in [1.82, 2.24) is 29.8 Å². The molecule has 0 spiro atoms. The number of aryl methyl sites for hydroxylation is 1. The van der Waals surface area contributed by atoms with Crippen molar-refractivity contribution in [2.75, 3.05) is 0 Å². The SMILES string of the molecule is Cc1nc(CNCc2cnc3cnc(Br)cn23)no1. The first-order chi connectivity index (χ1) is 9.22. The lowest BCUT2D eigenvalue weighted by Gasteiger charge is -2.02. The molecule has 0 aromatic carbocycles. The number of hydrogen-bond donors (Lipinski definition) is 1. The summed E-state index contributed by atoms with van der Waals surface area (Å²) in [6, 6.07) is 0. The Morgan fingerprint density at radius 3 is 3.00 bits per heavy atom. The number of imidazole rings is 1. The average molecular weight is 323 g/mol. The molecule has 3 aromatic heterocycles. The lowest BCUT2D eigenvalue weighted by atomic mass is 10.4. The molecule has 0 saturated carbocycles. The van der Waals surface area contributed by atoms with Crippen LogP contribution in [-0.4, -0.2) is 24.5 Å². The molecule has 0 saturated heterocycles. The molecule has 0 unspecified atom stereocenters. The molecule has 0 fully saturated rings. The predicted molar refractivity (Wildman–Crippen MR) is 70.3 cm³/mol. The summed E-state index contributed by atoms with van der Waals surface area (Å²) in [6.45, 7) is 2.98. The topological polar surface area (TPSA) is 81.1 Å². The van der Waals surface area contributed by atoms with E-state index >= 15 is 0 Å². The lowest BCUT2D eigenvalue weighted by Crippen LogP contribution is -2.15. The van der Waals surface area contributed by atoms with Gasteiger partial charge in [0.25, 0.3) is 0 Å². The number of nitrogens with zero attached hydrogens (tertiary/aromatic N) is 5. The monoisotopic (exact) mass is 322 g/mol. The molecule has 3 heterocycles. The van der Waals surface area contributed by atoms with Crippen LogP contribution < -0.4 is 5.32 Å². The summed E-state index contributed by atoms with van der Waals surface area (Å²) in [4.78, 5) is 12.5. The van der Waals surface area contributed by atoms with Gasteiger partial charge in [-0.25, -0.2) is 9.97 Å². The van der Waals surface area contributed by atoms with Crippen molar-refractivity contribution >= 4 is 21.6 Å². The second-order valence-corrected chi connectivity index (χ2v) is 4.83. The van der Waals surface area contributed by atoms with Crippen LogP contribution in [0.3, 0.4) is 0 Å². The first-order valence-electron chi connectivity index (χ1n) is 5.70. The van der Waals surface area contributed by atoms with E-state index in [1.807, 2.05) is 16.8 Å². The standard InChI is InChI=1S/C11H11BrN6O/c1-7-16-10(17-19-7)4-13-2-8-3-15-11-5-14-9(12)6-18(8)11/h3,5-6,13H,2,4H2,1H3. The molecule has 8 heteroatoms. The quantitative estimate of drug-likeness (QED) is 0.783. The molecule has 3 rings (SSSR count). The molecule has 1 N–H and O–H groups in total. The zero-order chi connectivity index (χ0) is 13.2. The number of rotatable bonds is 4. The Morgan fingerprint density at radius 1 is 1.32 bits per heavy atom. The highest BCUT2D eigenvalue weighted by molar-refractivity contribution is 9.10. The summed E-state index contributed by atoms with van der Waals surface area (Å²) >= 11 is 3.35. The fourth-order valence-electron chi connectivity index (χ4n) is 1.76. The minimum Gasteiger partial charge on any atom is -0.340 e. The molecule has 98 valence electrons. The number of hydrogen-bond acceptors (Lipinski definition) is 6. The van der Waals surface area contributed by atoms with Gasteiger partial charge in [0.15, 0.2) is 11.5 Å². The third-order valence-corrected chi connectivity index (χ3v) is 3.01. The Morgan fingerprint density at radius 2 is 2.21 bits per heavy atom. The summed E-state index contributed by atoms with van der Waals surface area (Å²) in [5, 5.41) is 7.07. The molecular weight excluding hydrogens is 312 g/mol. The van der Waals surface area contributed by atoms with E-state index in [2.05, 4.69) is 41.4 Å². The largest absolute Gasteiger partial charge is 0.340 e. The maximum absolute atomic E-state index is 4.91. The molecule has 7 nitrogen and oxygen atoms in total. The number of aromatic nitrogens is 5. The minimum absolute atomic E-state index is 0.552. The summed E-state index contributed by atoms with van der Waals surface area (Å²) in [7, 11) is 0. The van der Waals surface area contributed by atoms with Crippen LogP contribution >= 0.6 is 15.9 Å². The maximum Gasteiger partial charge on any atom is 0.223 e. The van der Waals surface area contributed by atoms with Crippen molar-refractivity contribution in [2.45, 2.75) is 20.0 Å². The Labute approximate surface area is 117 Å². The molecule has 0 bridgehead atoms. The molecule has 0 amide bonds. The van der Waals surface area contributed by atoms with Crippen molar-refractivity contribution in [3.05, 3.63) is 40.6 Å². The number of nitrogens with one attached hydrogen (secondary N) is 1. The second kappa shape index (κ2) is 5.06. The molecule has 0 aliphatic rings. The molecule has 0 radical (unpaired) electrons. The van der Waals surface area contributed by atoms with Crippen LogP contribution in [0.4, 0.5) is 0 Å². The molecule has 3 aromatic rings. The normalized spacial score (nSPS) is 11.3. The highest BCUT2D eigenvalue weighted by atomic mass is 79.9. The van der Waals surface area contributed by atoms with Crippen molar-refractivity contribution in [3.8, 4) is 0 Å². The van der Waals surface area contributed by atoms with Crippen LogP contribution in [0.2, 0.25) is 0 Å². The van der Waals surface area contributed by atoms with Crippen molar-refractivity contribution in [3.63, 3.8) is 0 Å². The van der Waals surface area contributed by atoms with Gasteiger partial charge < -0.3 is 9.84 Å². The zero-order valence-corrected chi connectivity index (χ0v) is 11.8. The van der Waals surface area contributed by atoms with Gasteiger partial charge in [-0.2, -0.15) is 4.98 Å². The van der Waals surface area contributed by atoms with Gasteiger partial charge in [0.05, 0.1) is 24.6 Å². The van der Waals surface area contributed by atoms with Gasteiger partial charge in [0, 0.05) is 19.7 Å². The minimum atomic E-state index is 0.552. The summed E-state index contributed by atoms with van der Waals surface area (Å²) in [5.74, 6) is 1.22. The first kappa shape index (κ1) is 12.2. The van der Waals surface area contributed by atoms with Crippen LogP contribution in [0.1, 0.15) is 17.4 Å². The van der Waals surface area contributed by atoms with Crippen molar-refractivity contribution < 1.29 is 4.52 Å². The maximum atomic E-state index is 4.91. The van der Waals surface area contributed by atoms with E-state index in [1.165, 1.54) is 0 Å². The zero-order valence-electron chi connectivity index (χ0n) is 10.2. The van der Waals surface area contributed by atoms with E-state index in [0.29, 0.717) is 24.8 Å². The number of fused-ring (bicyclic) bond motifs is 1. The van der Waals surface area contributed by atoms with Gasteiger partial charge in [0.2, 0.25) is 5.89 Å². The predicted octanol–water partition coefficient (Wildman–Crippen LogP) is 1.47. The van der Waals surface area contributed by atoms with Crippen LogP contribution in [-0.2, 0) is 13.1 Å². The lowest BCUT2D eigenvalue weighted by molar-refractivity contribution is 0.385. The van der Waals surface area contributed by atoms with Gasteiger partial charge in [-0.15, -0.1) is 0 Å². The second-order valence-electron chi connectivity index (χ2n) is 4.02. The Bertz CT molecular complexity index is 706. The van der Waals surface area contributed by atoms with Gasteiger partial charge in [0.1, 0.15) is 4.60 Å². The highest BCUT2D eigenvalue weighted by Gasteiger charge is 2.05. The Balaban J connectivity index is 1.70. The van der Waals surface area contributed by atoms with Crippen molar-refractivity contribution in [1.29, 1.82) is 0 Å². The van der Waals surface area contributed by atoms with E-state index < -0.39 is 0 Å². The van der Waals surface area contributed by atoms with E-state index in [1.54, 1.807) is 13.1 Å². The van der Waals surface area contributed by atoms with Gasteiger partial charge in [-0.3, -0.25) is 4.40 Å². The summed E-state index contributed by atoms with van der Waals surface area (Å²) in [6.07, 6.45) is 5.42. The van der Waals surface area contributed by atoms with E-state index in [-0.39, 0.29) is 0 Å². The molecule has 19 heavy (non-hydrogen) atoms. The number of halogens is 1. The van der Waals surface area contributed by atoms with Crippen LogP contribution in [0.15, 0.2) is 27.7 Å². The van der Waals surface area contributed by atoms with Gasteiger partial charge in [-0.1, -0.05) is 5.16 Å². The summed E-state index contributed by atoms with van der Waals surface area (Å²) in [5.41, 5.74) is 1.86. The fraction of sp³-hybridized carbons (Fsp3) is 0.273. The Kier molecular flexibility index (Phi) is 3.26. The third kappa shape index (κ3) is 2.64. The first-order valence-corrected chi connectivity index (χ1v) is 6.49. The van der Waals surface area contributed by atoms with Gasteiger partial charge >= 0.3 is 0 Å².